The van der Waals surface area contributed by atoms with Gasteiger partial charge in [-0.15, -0.1) is 0 Å². The third-order valence-electron chi connectivity index (χ3n) is 5.63. The molecule has 2 heteroatoms. The summed E-state index contributed by atoms with van der Waals surface area (Å²) in [4.78, 5) is 3.77. The Labute approximate surface area is 186 Å². The summed E-state index contributed by atoms with van der Waals surface area (Å²) >= 11 is 0. The molecule has 0 saturated heterocycles. The quantitative estimate of drug-likeness (QED) is 0.197. The zero-order valence-corrected chi connectivity index (χ0v) is 19.6. The second-order valence-electron chi connectivity index (χ2n) is 9.28. The van der Waals surface area contributed by atoms with Gasteiger partial charge < -0.3 is 5.53 Å². The SMILES string of the molecule is Cc1cc(C#Cc2ccccc2)cc(C)c1C(=[N+]=[N-])c1c(C)cc(C(C)(C)C)cc1C. The molecule has 0 aliphatic carbocycles. The average Bonchev–Trinajstić information content (AvgIpc) is 2.70. The van der Waals surface area contributed by atoms with Crippen molar-refractivity contribution in [2.24, 2.45) is 0 Å². The summed E-state index contributed by atoms with van der Waals surface area (Å²) in [6.45, 7) is 14.9. The molecule has 0 amide bonds. The van der Waals surface area contributed by atoms with Crippen molar-refractivity contribution < 1.29 is 4.79 Å². The first-order chi connectivity index (χ1) is 14.6. The van der Waals surface area contributed by atoms with E-state index in [1.54, 1.807) is 0 Å². The molecule has 31 heavy (non-hydrogen) atoms. The molecule has 3 aromatic carbocycles. The molecule has 3 aromatic rings. The molecule has 0 fully saturated rings. The van der Waals surface area contributed by atoms with Crippen LogP contribution in [-0.2, 0) is 5.41 Å². The second kappa shape index (κ2) is 8.76. The van der Waals surface area contributed by atoms with Gasteiger partial charge in [-0.05, 0) is 85.2 Å². The molecular weight excluding hydrogens is 376 g/mol. The van der Waals surface area contributed by atoms with Gasteiger partial charge in [0.1, 0.15) is 0 Å². The van der Waals surface area contributed by atoms with Crippen molar-refractivity contribution >= 4 is 5.71 Å². The smallest absolute Gasteiger partial charge is 0.330 e. The highest BCUT2D eigenvalue weighted by atomic mass is 14.9. The minimum absolute atomic E-state index is 0.0650. The van der Waals surface area contributed by atoms with Crippen LogP contribution in [0.4, 0.5) is 0 Å². The van der Waals surface area contributed by atoms with Crippen LogP contribution in [0.15, 0.2) is 54.6 Å². The van der Waals surface area contributed by atoms with Crippen molar-refractivity contribution in [2.45, 2.75) is 53.9 Å². The molecule has 0 saturated carbocycles. The van der Waals surface area contributed by atoms with E-state index in [0.29, 0.717) is 5.71 Å². The maximum atomic E-state index is 10.0. The van der Waals surface area contributed by atoms with Crippen molar-refractivity contribution in [3.05, 3.63) is 110 Å². The summed E-state index contributed by atoms with van der Waals surface area (Å²) < 4.78 is 0. The number of benzene rings is 3. The number of aryl methyl sites for hydroxylation is 4. The molecule has 0 bridgehead atoms. The van der Waals surface area contributed by atoms with Crippen LogP contribution in [0.3, 0.4) is 0 Å². The Morgan fingerprint density at radius 2 is 1.16 bits per heavy atom. The van der Waals surface area contributed by atoms with E-state index in [-0.39, 0.29) is 5.41 Å². The predicted octanol–water partition coefficient (Wildman–Crippen LogP) is 6.68. The summed E-state index contributed by atoms with van der Waals surface area (Å²) in [5.74, 6) is 6.48. The van der Waals surface area contributed by atoms with E-state index in [2.05, 4.69) is 89.4 Å². The maximum Gasteiger partial charge on any atom is 0.330 e. The zero-order chi connectivity index (χ0) is 22.8. The highest BCUT2D eigenvalue weighted by Crippen LogP contribution is 2.29. The molecule has 0 aliphatic rings. The van der Waals surface area contributed by atoms with Gasteiger partial charge in [0.2, 0.25) is 0 Å². The Bertz CT molecular complexity index is 1190. The van der Waals surface area contributed by atoms with E-state index < -0.39 is 0 Å². The van der Waals surface area contributed by atoms with Gasteiger partial charge in [0.15, 0.2) is 0 Å². The topological polar surface area (TPSA) is 36.4 Å². The predicted molar refractivity (Wildman–Crippen MR) is 130 cm³/mol. The molecule has 156 valence electrons. The Hall–Kier alpha value is -3.40. The fourth-order valence-electron chi connectivity index (χ4n) is 4.07. The lowest BCUT2D eigenvalue weighted by Gasteiger charge is -2.21. The number of rotatable bonds is 2. The third-order valence-corrected chi connectivity index (χ3v) is 5.63. The van der Waals surface area contributed by atoms with Crippen LogP contribution in [0, 0.1) is 39.5 Å². The lowest BCUT2D eigenvalue weighted by molar-refractivity contribution is -0.00295. The minimum Gasteiger partial charge on any atom is -0.361 e. The van der Waals surface area contributed by atoms with Gasteiger partial charge in [-0.1, -0.05) is 62.9 Å². The summed E-state index contributed by atoms with van der Waals surface area (Å²) in [6, 6.07) is 18.5. The van der Waals surface area contributed by atoms with Gasteiger partial charge in [0, 0.05) is 11.1 Å². The third kappa shape index (κ3) is 4.85. The summed E-state index contributed by atoms with van der Waals surface area (Å²) in [6.07, 6.45) is 0. The number of hydrogen-bond acceptors (Lipinski definition) is 0. The van der Waals surface area contributed by atoms with Gasteiger partial charge in [-0.25, -0.2) is 0 Å². The van der Waals surface area contributed by atoms with Crippen LogP contribution in [0.5, 0.6) is 0 Å². The first kappa shape index (κ1) is 22.3. The van der Waals surface area contributed by atoms with Gasteiger partial charge in [-0.3, -0.25) is 0 Å². The lowest BCUT2D eigenvalue weighted by Crippen LogP contribution is -2.16. The fourth-order valence-corrected chi connectivity index (χ4v) is 4.07. The molecule has 0 N–H and O–H groups in total. The molecule has 0 unspecified atom stereocenters. The fraction of sp³-hybridized carbons (Fsp3) is 0.276. The Morgan fingerprint density at radius 3 is 1.61 bits per heavy atom. The van der Waals surface area contributed by atoms with E-state index in [1.165, 1.54) is 5.56 Å². The molecule has 0 aliphatic heterocycles. The lowest BCUT2D eigenvalue weighted by atomic mass is 9.81. The molecule has 0 heterocycles. The number of hydrogen-bond donors (Lipinski definition) is 0. The minimum atomic E-state index is 0.0650. The molecular formula is C29H30N2. The summed E-state index contributed by atoms with van der Waals surface area (Å²) in [7, 11) is 0. The van der Waals surface area contributed by atoms with Crippen molar-refractivity contribution in [2.75, 3.05) is 0 Å². The number of nitrogens with zero attached hydrogens (tertiary/aromatic N) is 2. The molecule has 0 aromatic heterocycles. The summed E-state index contributed by atoms with van der Waals surface area (Å²) in [5.41, 5.74) is 20.2. The van der Waals surface area contributed by atoms with Crippen molar-refractivity contribution in [3.63, 3.8) is 0 Å². The summed E-state index contributed by atoms with van der Waals surface area (Å²) in [5, 5.41) is 0. The standard InChI is InChI=1S/C29H30N2/c1-19-15-24(14-13-23-11-9-8-10-12-23)16-20(2)26(19)28(31-30)27-21(3)17-25(18-22(27)4)29(5,6)7/h8-12,15-18H,1-7H3. The van der Waals surface area contributed by atoms with Crippen LogP contribution in [0.25, 0.3) is 5.53 Å². The molecule has 3 rings (SSSR count). The molecule has 0 atom stereocenters. The van der Waals surface area contributed by atoms with E-state index in [0.717, 1.165) is 44.5 Å². The van der Waals surface area contributed by atoms with Gasteiger partial charge in [0.25, 0.3) is 0 Å². The zero-order valence-electron chi connectivity index (χ0n) is 19.6. The van der Waals surface area contributed by atoms with Gasteiger partial charge >= 0.3 is 5.71 Å². The van der Waals surface area contributed by atoms with Crippen molar-refractivity contribution in [1.82, 2.24) is 0 Å². The first-order valence-electron chi connectivity index (χ1n) is 10.6. The largest absolute Gasteiger partial charge is 0.361 e. The first-order valence-corrected chi connectivity index (χ1v) is 10.6. The second-order valence-corrected chi connectivity index (χ2v) is 9.28. The monoisotopic (exact) mass is 406 g/mol. The average molecular weight is 407 g/mol. The van der Waals surface area contributed by atoms with Crippen LogP contribution >= 0.6 is 0 Å². The molecule has 0 radical (unpaired) electrons. The van der Waals surface area contributed by atoms with E-state index in [1.807, 2.05) is 30.3 Å². The highest BCUT2D eigenvalue weighted by Gasteiger charge is 2.26. The van der Waals surface area contributed by atoms with Crippen LogP contribution in [0.1, 0.15) is 70.8 Å². The Morgan fingerprint density at radius 1 is 0.710 bits per heavy atom. The van der Waals surface area contributed by atoms with Crippen molar-refractivity contribution in [3.8, 4) is 11.8 Å². The van der Waals surface area contributed by atoms with E-state index in [4.69, 9.17) is 0 Å². The molecule has 0 spiro atoms. The van der Waals surface area contributed by atoms with E-state index in [9.17, 15) is 5.53 Å². The van der Waals surface area contributed by atoms with Crippen LogP contribution in [0.2, 0.25) is 0 Å². The van der Waals surface area contributed by atoms with Crippen LogP contribution in [-0.4, -0.2) is 10.5 Å². The van der Waals surface area contributed by atoms with E-state index >= 15 is 0 Å². The van der Waals surface area contributed by atoms with Gasteiger partial charge in [0.05, 0.1) is 11.1 Å². The highest BCUT2D eigenvalue weighted by molar-refractivity contribution is 6.12. The Balaban J connectivity index is 2.08. The van der Waals surface area contributed by atoms with Crippen LogP contribution < -0.4 is 0 Å². The normalized spacial score (nSPS) is 10.8. The van der Waals surface area contributed by atoms with Crippen molar-refractivity contribution in [1.29, 1.82) is 0 Å². The molecule has 2 nitrogen and oxygen atoms in total. The Kier molecular flexibility index (Phi) is 6.30. The maximum absolute atomic E-state index is 10.0. The van der Waals surface area contributed by atoms with Gasteiger partial charge in [-0.2, -0.15) is 4.79 Å².